The van der Waals surface area contributed by atoms with Crippen LogP contribution in [0.5, 0.6) is 0 Å². The van der Waals surface area contributed by atoms with E-state index in [-0.39, 0.29) is 24.2 Å². The molecule has 0 radical (unpaired) electrons. The van der Waals surface area contributed by atoms with Crippen LogP contribution in [0.15, 0.2) is 12.5 Å². The van der Waals surface area contributed by atoms with Crippen molar-refractivity contribution >= 4 is 11.9 Å². The molecular weight excluding hydrogens is 270 g/mol. The van der Waals surface area contributed by atoms with Crippen molar-refractivity contribution < 1.29 is 14.7 Å². The van der Waals surface area contributed by atoms with Crippen molar-refractivity contribution in [2.45, 2.75) is 40.0 Å². The minimum absolute atomic E-state index is 0.0224. The molecule has 0 fully saturated rings. The third-order valence-corrected chi connectivity index (χ3v) is 3.36. The van der Waals surface area contributed by atoms with Crippen LogP contribution in [-0.2, 0) is 16.0 Å². The number of carboxylic acid groups (broad SMARTS) is 1. The fourth-order valence-corrected chi connectivity index (χ4v) is 2.39. The molecule has 1 aromatic heterocycles. The highest BCUT2D eigenvalue weighted by Gasteiger charge is 2.19. The highest BCUT2D eigenvalue weighted by molar-refractivity contribution is 5.78. The van der Waals surface area contributed by atoms with Gasteiger partial charge in [-0.3, -0.25) is 9.59 Å². The number of carbonyl (C=O) groups excluding carboxylic acids is 1. The normalized spacial score (nSPS) is 13.9. The summed E-state index contributed by atoms with van der Waals surface area (Å²) in [5.74, 6) is -0.654. The van der Waals surface area contributed by atoms with Crippen LogP contribution in [-0.4, -0.2) is 33.5 Å². The first-order valence-electron chi connectivity index (χ1n) is 7.35. The zero-order valence-corrected chi connectivity index (χ0v) is 12.9. The summed E-state index contributed by atoms with van der Waals surface area (Å²) in [5, 5.41) is 11.8. The molecule has 1 rings (SSSR count). The lowest BCUT2D eigenvalue weighted by molar-refractivity contribution is -0.138. The van der Waals surface area contributed by atoms with Crippen molar-refractivity contribution in [2.75, 3.05) is 6.54 Å². The van der Waals surface area contributed by atoms with Gasteiger partial charge in [0.2, 0.25) is 5.91 Å². The maximum atomic E-state index is 12.1. The molecule has 0 unspecified atom stereocenters. The van der Waals surface area contributed by atoms with Crippen molar-refractivity contribution in [3.05, 3.63) is 18.2 Å². The number of hydrogen-bond acceptors (Lipinski definition) is 3. The van der Waals surface area contributed by atoms with E-state index < -0.39 is 5.97 Å². The van der Waals surface area contributed by atoms with Crippen molar-refractivity contribution in [2.24, 2.45) is 17.8 Å². The fraction of sp³-hybridized carbons (Fsp3) is 0.667. The van der Waals surface area contributed by atoms with E-state index in [0.29, 0.717) is 18.9 Å². The molecule has 0 aliphatic heterocycles. The quantitative estimate of drug-likeness (QED) is 0.648. The first kappa shape index (κ1) is 17.2. The summed E-state index contributed by atoms with van der Waals surface area (Å²) in [6.07, 6.45) is 4.77. The third-order valence-electron chi connectivity index (χ3n) is 3.36. The fourth-order valence-electron chi connectivity index (χ4n) is 2.39. The monoisotopic (exact) mass is 295 g/mol. The average Bonchev–Trinajstić information content (AvgIpc) is 2.86. The zero-order valence-electron chi connectivity index (χ0n) is 12.9. The number of aromatic nitrogens is 2. The Morgan fingerprint density at radius 2 is 2.10 bits per heavy atom. The summed E-state index contributed by atoms with van der Waals surface area (Å²) in [5.41, 5.74) is 0.918. The molecule has 6 heteroatoms. The van der Waals surface area contributed by atoms with Crippen LogP contribution < -0.4 is 5.32 Å². The minimum Gasteiger partial charge on any atom is -0.481 e. The number of rotatable bonds is 9. The molecule has 0 aliphatic rings. The van der Waals surface area contributed by atoms with Crippen molar-refractivity contribution in [1.29, 1.82) is 0 Å². The molecule has 1 amide bonds. The number of imidazole rings is 1. The molecule has 0 saturated carbocycles. The number of hydrogen-bond donors (Lipinski definition) is 3. The van der Waals surface area contributed by atoms with Gasteiger partial charge in [0.1, 0.15) is 0 Å². The molecule has 0 spiro atoms. The number of H-pyrrole nitrogens is 1. The van der Waals surface area contributed by atoms with Crippen molar-refractivity contribution in [1.82, 2.24) is 15.3 Å². The third kappa shape index (κ3) is 6.92. The molecule has 3 N–H and O–H groups in total. The van der Waals surface area contributed by atoms with E-state index in [2.05, 4.69) is 29.1 Å². The van der Waals surface area contributed by atoms with Crippen molar-refractivity contribution in [3.8, 4) is 0 Å². The van der Waals surface area contributed by atoms with E-state index in [1.165, 1.54) is 0 Å². The summed E-state index contributed by atoms with van der Waals surface area (Å²) in [7, 11) is 0. The van der Waals surface area contributed by atoms with Crippen LogP contribution in [0.4, 0.5) is 0 Å². The maximum Gasteiger partial charge on any atom is 0.303 e. The molecule has 0 aliphatic carbocycles. The van der Waals surface area contributed by atoms with Gasteiger partial charge in [0.25, 0.3) is 0 Å². The van der Waals surface area contributed by atoms with E-state index in [4.69, 9.17) is 5.11 Å². The summed E-state index contributed by atoms with van der Waals surface area (Å²) >= 11 is 0. The summed E-state index contributed by atoms with van der Waals surface area (Å²) < 4.78 is 0. The summed E-state index contributed by atoms with van der Waals surface area (Å²) in [4.78, 5) is 29.8. The number of carboxylic acids is 1. The van der Waals surface area contributed by atoms with Gasteiger partial charge in [-0.15, -0.1) is 0 Å². The van der Waals surface area contributed by atoms with E-state index in [9.17, 15) is 9.59 Å². The van der Waals surface area contributed by atoms with Crippen LogP contribution in [0.25, 0.3) is 0 Å². The first-order chi connectivity index (χ1) is 9.88. The molecule has 0 saturated heterocycles. The molecule has 21 heavy (non-hydrogen) atoms. The van der Waals surface area contributed by atoms with Gasteiger partial charge >= 0.3 is 5.97 Å². The highest BCUT2D eigenvalue weighted by atomic mass is 16.4. The highest BCUT2D eigenvalue weighted by Crippen LogP contribution is 2.15. The van der Waals surface area contributed by atoms with E-state index in [1.54, 1.807) is 12.5 Å². The number of carbonyl (C=O) groups is 2. The Morgan fingerprint density at radius 3 is 2.62 bits per heavy atom. The van der Waals surface area contributed by atoms with Gasteiger partial charge in [0.15, 0.2) is 0 Å². The molecule has 1 aromatic rings. The largest absolute Gasteiger partial charge is 0.481 e. The molecule has 0 bridgehead atoms. The Kier molecular flexibility index (Phi) is 6.91. The molecule has 1 heterocycles. The standard InChI is InChI=1S/C15H25N3O3/c1-10(2)4-12(6-14(19)20)7-17-15(21)11(3)5-13-8-16-9-18-13/h8-12H,4-7H2,1-3H3,(H,16,18)(H,17,21)(H,19,20)/t11-,12-/m0/s1. The smallest absolute Gasteiger partial charge is 0.303 e. The summed E-state index contributed by atoms with van der Waals surface area (Å²) in [6.45, 7) is 6.37. The maximum absolute atomic E-state index is 12.1. The number of aromatic amines is 1. The lowest BCUT2D eigenvalue weighted by atomic mass is 9.94. The Bertz CT molecular complexity index is 443. The van der Waals surface area contributed by atoms with Crippen LogP contribution in [0, 0.1) is 17.8 Å². The van der Waals surface area contributed by atoms with Gasteiger partial charge in [-0.2, -0.15) is 0 Å². The average molecular weight is 295 g/mol. The number of aliphatic carboxylic acids is 1. The van der Waals surface area contributed by atoms with E-state index in [1.807, 2.05) is 6.92 Å². The SMILES string of the molecule is CC(C)C[C@H](CNC(=O)[C@@H](C)Cc1cnc[nH]1)CC(=O)O. The predicted octanol–water partition coefficient (Wildman–Crippen LogP) is 1.84. The second-order valence-electron chi connectivity index (χ2n) is 6.02. The number of amides is 1. The van der Waals surface area contributed by atoms with E-state index in [0.717, 1.165) is 12.1 Å². The second kappa shape index (κ2) is 8.44. The van der Waals surface area contributed by atoms with Gasteiger partial charge in [-0.05, 0) is 18.3 Å². The Balaban J connectivity index is 2.42. The zero-order chi connectivity index (χ0) is 15.8. The second-order valence-corrected chi connectivity index (χ2v) is 6.02. The van der Waals surface area contributed by atoms with Gasteiger partial charge in [0, 0.05) is 37.2 Å². The number of nitrogens with one attached hydrogen (secondary N) is 2. The number of nitrogens with zero attached hydrogens (tertiary/aromatic N) is 1. The van der Waals surface area contributed by atoms with Crippen molar-refractivity contribution in [3.63, 3.8) is 0 Å². The topological polar surface area (TPSA) is 95.1 Å². The van der Waals surface area contributed by atoms with Gasteiger partial charge in [-0.25, -0.2) is 4.98 Å². The molecular formula is C15H25N3O3. The lowest BCUT2D eigenvalue weighted by Crippen LogP contribution is -2.35. The molecule has 118 valence electrons. The van der Waals surface area contributed by atoms with Gasteiger partial charge < -0.3 is 15.4 Å². The van der Waals surface area contributed by atoms with Crippen LogP contribution in [0.2, 0.25) is 0 Å². The first-order valence-corrected chi connectivity index (χ1v) is 7.35. The minimum atomic E-state index is -0.819. The van der Waals surface area contributed by atoms with Crippen LogP contribution in [0.1, 0.15) is 39.3 Å². The van der Waals surface area contributed by atoms with Gasteiger partial charge in [0.05, 0.1) is 6.33 Å². The molecule has 2 atom stereocenters. The predicted molar refractivity (Wildman–Crippen MR) is 79.7 cm³/mol. The Morgan fingerprint density at radius 1 is 1.38 bits per heavy atom. The Labute approximate surface area is 125 Å². The summed E-state index contributed by atoms with van der Waals surface area (Å²) in [6, 6.07) is 0. The van der Waals surface area contributed by atoms with Crippen LogP contribution >= 0.6 is 0 Å². The molecule has 6 nitrogen and oxygen atoms in total. The van der Waals surface area contributed by atoms with Crippen LogP contribution in [0.3, 0.4) is 0 Å². The lowest BCUT2D eigenvalue weighted by Gasteiger charge is -2.19. The Hall–Kier alpha value is -1.85. The molecule has 0 aromatic carbocycles. The van der Waals surface area contributed by atoms with Gasteiger partial charge in [-0.1, -0.05) is 20.8 Å². The van der Waals surface area contributed by atoms with E-state index >= 15 is 0 Å².